The predicted molar refractivity (Wildman–Crippen MR) is 110 cm³/mol. The standard InChI is InChI=1S/C22H24FN5O3/c1-27-21(24-25-26-27)12-19(29)14-31-20-8-4-16(5-9-20)22(30)28-11-10-17(13-28)15-2-6-18(23)7-3-15/h2-9,17,19,29H,10-14H2,1H3/t17-,19?/m0/s1. The summed E-state index contributed by atoms with van der Waals surface area (Å²) in [5.41, 5.74) is 1.63. The molecular weight excluding hydrogens is 401 g/mol. The van der Waals surface area contributed by atoms with Crippen LogP contribution in [0.1, 0.15) is 34.1 Å². The zero-order valence-corrected chi connectivity index (χ0v) is 17.2. The molecule has 4 rings (SSSR count). The van der Waals surface area contributed by atoms with E-state index in [0.29, 0.717) is 30.2 Å². The van der Waals surface area contributed by atoms with Crippen molar-refractivity contribution >= 4 is 5.91 Å². The van der Waals surface area contributed by atoms with Crippen LogP contribution in [0.3, 0.4) is 0 Å². The molecule has 0 saturated carbocycles. The number of carbonyl (C=O) groups is 1. The fraction of sp³-hybridized carbons (Fsp3) is 0.364. The number of halogens is 1. The van der Waals surface area contributed by atoms with E-state index in [1.165, 1.54) is 16.8 Å². The molecular formula is C22H24FN5O3. The first-order chi connectivity index (χ1) is 15.0. The van der Waals surface area contributed by atoms with Gasteiger partial charge in [0.05, 0.1) is 6.10 Å². The SMILES string of the molecule is Cn1nnnc1CC(O)COc1ccc(C(=O)N2CC[C@H](c3ccc(F)cc3)C2)cc1. The van der Waals surface area contributed by atoms with Crippen LogP contribution < -0.4 is 4.74 Å². The Kier molecular flexibility index (Phi) is 6.22. The zero-order valence-electron chi connectivity index (χ0n) is 17.2. The molecule has 3 aromatic rings. The number of ether oxygens (including phenoxy) is 1. The molecule has 1 N–H and O–H groups in total. The van der Waals surface area contributed by atoms with Gasteiger partial charge in [-0.15, -0.1) is 5.10 Å². The molecule has 8 nitrogen and oxygen atoms in total. The van der Waals surface area contributed by atoms with Crippen LogP contribution >= 0.6 is 0 Å². The molecule has 0 radical (unpaired) electrons. The number of hydrogen-bond donors (Lipinski definition) is 1. The van der Waals surface area contributed by atoms with Crippen LogP contribution in [0.15, 0.2) is 48.5 Å². The Morgan fingerprint density at radius 1 is 1.23 bits per heavy atom. The number of rotatable bonds is 7. The minimum atomic E-state index is -0.751. The van der Waals surface area contributed by atoms with E-state index >= 15 is 0 Å². The number of aliphatic hydroxyl groups excluding tert-OH is 1. The highest BCUT2D eigenvalue weighted by molar-refractivity contribution is 5.94. The highest BCUT2D eigenvalue weighted by atomic mass is 19.1. The van der Waals surface area contributed by atoms with E-state index in [9.17, 15) is 14.3 Å². The van der Waals surface area contributed by atoms with Crippen molar-refractivity contribution in [3.8, 4) is 5.75 Å². The van der Waals surface area contributed by atoms with Crippen LogP contribution in [0.2, 0.25) is 0 Å². The number of nitrogens with zero attached hydrogens (tertiary/aromatic N) is 5. The molecule has 1 fully saturated rings. The zero-order chi connectivity index (χ0) is 21.8. The van der Waals surface area contributed by atoms with Gasteiger partial charge >= 0.3 is 0 Å². The smallest absolute Gasteiger partial charge is 0.253 e. The fourth-order valence-electron chi connectivity index (χ4n) is 3.71. The number of aryl methyl sites for hydroxylation is 1. The van der Waals surface area contributed by atoms with Crippen LogP contribution in [-0.4, -0.2) is 61.9 Å². The second-order valence-corrected chi connectivity index (χ2v) is 7.70. The van der Waals surface area contributed by atoms with E-state index in [0.717, 1.165) is 12.0 Å². The molecule has 1 aliphatic rings. The van der Waals surface area contributed by atoms with E-state index in [1.54, 1.807) is 43.4 Å². The summed E-state index contributed by atoms with van der Waals surface area (Å²) in [6.45, 7) is 1.37. The fourth-order valence-corrected chi connectivity index (χ4v) is 3.71. The van der Waals surface area contributed by atoms with Crippen molar-refractivity contribution in [3.63, 3.8) is 0 Å². The number of carbonyl (C=O) groups excluding carboxylic acids is 1. The maximum atomic E-state index is 13.1. The summed E-state index contributed by atoms with van der Waals surface area (Å²) in [5.74, 6) is 1.07. The first-order valence-corrected chi connectivity index (χ1v) is 10.2. The summed E-state index contributed by atoms with van der Waals surface area (Å²) in [6.07, 6.45) is 0.390. The monoisotopic (exact) mass is 425 g/mol. The second kappa shape index (κ2) is 9.22. The van der Waals surface area contributed by atoms with Crippen LogP contribution in [0.25, 0.3) is 0 Å². The van der Waals surface area contributed by atoms with Gasteiger partial charge in [-0.3, -0.25) is 4.79 Å². The minimum Gasteiger partial charge on any atom is -0.491 e. The highest BCUT2D eigenvalue weighted by Gasteiger charge is 2.28. The lowest BCUT2D eigenvalue weighted by atomic mass is 9.99. The normalized spacial score (nSPS) is 17.0. The molecule has 31 heavy (non-hydrogen) atoms. The number of benzene rings is 2. The number of aliphatic hydroxyl groups is 1. The van der Waals surface area contributed by atoms with E-state index < -0.39 is 6.10 Å². The Morgan fingerprint density at radius 2 is 1.97 bits per heavy atom. The predicted octanol–water partition coefficient (Wildman–Crippen LogP) is 1.96. The lowest BCUT2D eigenvalue weighted by Gasteiger charge is -2.17. The van der Waals surface area contributed by atoms with Crippen LogP contribution in [0, 0.1) is 5.82 Å². The summed E-state index contributed by atoms with van der Waals surface area (Å²) in [6, 6.07) is 13.4. The molecule has 1 aromatic heterocycles. The van der Waals surface area contributed by atoms with E-state index in [1.807, 2.05) is 4.90 Å². The van der Waals surface area contributed by atoms with Gasteiger partial charge < -0.3 is 14.7 Å². The topological polar surface area (TPSA) is 93.4 Å². The average Bonchev–Trinajstić information content (AvgIpc) is 3.42. The largest absolute Gasteiger partial charge is 0.491 e. The summed E-state index contributed by atoms with van der Waals surface area (Å²) in [7, 11) is 1.71. The van der Waals surface area contributed by atoms with Crippen LogP contribution in [0.5, 0.6) is 5.75 Å². The summed E-state index contributed by atoms with van der Waals surface area (Å²) in [5, 5.41) is 21.2. The van der Waals surface area contributed by atoms with Gasteiger partial charge in [0.2, 0.25) is 0 Å². The van der Waals surface area contributed by atoms with Crippen molar-refractivity contribution in [2.75, 3.05) is 19.7 Å². The number of aromatic nitrogens is 4. The molecule has 0 spiro atoms. The number of tetrazole rings is 1. The molecule has 0 aliphatic carbocycles. The van der Waals surface area contributed by atoms with Gasteiger partial charge in [-0.05, 0) is 58.8 Å². The van der Waals surface area contributed by atoms with Gasteiger partial charge in [-0.1, -0.05) is 12.1 Å². The van der Waals surface area contributed by atoms with Gasteiger partial charge in [0, 0.05) is 38.0 Å². The molecule has 9 heteroatoms. The number of amides is 1. The Bertz CT molecular complexity index is 1020. The van der Waals surface area contributed by atoms with Crippen molar-refractivity contribution in [1.29, 1.82) is 0 Å². The molecule has 1 saturated heterocycles. The third-order valence-electron chi connectivity index (χ3n) is 5.49. The van der Waals surface area contributed by atoms with Crippen molar-refractivity contribution in [2.45, 2.75) is 24.9 Å². The lowest BCUT2D eigenvalue weighted by molar-refractivity contribution is 0.0790. The summed E-state index contributed by atoms with van der Waals surface area (Å²) in [4.78, 5) is 14.7. The maximum Gasteiger partial charge on any atom is 0.253 e. The minimum absolute atomic E-state index is 0.0361. The van der Waals surface area contributed by atoms with Crippen molar-refractivity contribution < 1.29 is 19.0 Å². The molecule has 0 bridgehead atoms. The van der Waals surface area contributed by atoms with Gasteiger partial charge in [0.15, 0.2) is 5.82 Å². The van der Waals surface area contributed by atoms with E-state index in [2.05, 4.69) is 15.5 Å². The van der Waals surface area contributed by atoms with Crippen molar-refractivity contribution in [2.24, 2.45) is 7.05 Å². The third-order valence-corrected chi connectivity index (χ3v) is 5.49. The van der Waals surface area contributed by atoms with E-state index in [4.69, 9.17) is 4.74 Å². The Morgan fingerprint density at radius 3 is 2.65 bits per heavy atom. The summed E-state index contributed by atoms with van der Waals surface area (Å²) >= 11 is 0. The second-order valence-electron chi connectivity index (χ2n) is 7.70. The van der Waals surface area contributed by atoms with Crippen LogP contribution in [-0.2, 0) is 13.5 Å². The molecule has 2 aromatic carbocycles. The number of hydrogen-bond acceptors (Lipinski definition) is 6. The summed E-state index contributed by atoms with van der Waals surface area (Å²) < 4.78 is 20.3. The Labute approximate surface area is 179 Å². The van der Waals surface area contributed by atoms with Crippen LogP contribution in [0.4, 0.5) is 4.39 Å². The highest BCUT2D eigenvalue weighted by Crippen LogP contribution is 2.28. The lowest BCUT2D eigenvalue weighted by Crippen LogP contribution is -2.28. The Balaban J connectivity index is 1.29. The Hall–Kier alpha value is -3.33. The third kappa shape index (κ3) is 5.05. The molecule has 162 valence electrons. The molecule has 1 unspecified atom stereocenters. The molecule has 1 aliphatic heterocycles. The number of likely N-dealkylation sites (tertiary alicyclic amines) is 1. The average molecular weight is 425 g/mol. The maximum absolute atomic E-state index is 13.1. The van der Waals surface area contributed by atoms with E-state index in [-0.39, 0.29) is 30.7 Å². The van der Waals surface area contributed by atoms with Crippen molar-refractivity contribution in [1.82, 2.24) is 25.1 Å². The first-order valence-electron chi connectivity index (χ1n) is 10.2. The molecule has 1 amide bonds. The van der Waals surface area contributed by atoms with Gasteiger partial charge in [0.1, 0.15) is 18.2 Å². The van der Waals surface area contributed by atoms with Gasteiger partial charge in [-0.2, -0.15) is 0 Å². The molecule has 2 atom stereocenters. The van der Waals surface area contributed by atoms with Gasteiger partial charge in [-0.25, -0.2) is 9.07 Å². The van der Waals surface area contributed by atoms with Crippen molar-refractivity contribution in [3.05, 3.63) is 71.3 Å². The first kappa shape index (κ1) is 20.9. The molecule has 2 heterocycles. The quantitative estimate of drug-likeness (QED) is 0.622. The van der Waals surface area contributed by atoms with Gasteiger partial charge in [0.25, 0.3) is 5.91 Å².